The smallest absolute Gasteiger partial charge is 0.255 e. The lowest BCUT2D eigenvalue weighted by atomic mass is 10.1. The van der Waals surface area contributed by atoms with E-state index < -0.39 is 0 Å². The summed E-state index contributed by atoms with van der Waals surface area (Å²) in [6.07, 6.45) is 0. The van der Waals surface area contributed by atoms with Gasteiger partial charge in [0.1, 0.15) is 11.7 Å². The van der Waals surface area contributed by atoms with Crippen LogP contribution in [0.5, 0.6) is 0 Å². The summed E-state index contributed by atoms with van der Waals surface area (Å²) in [4.78, 5) is 62.0. The van der Waals surface area contributed by atoms with Gasteiger partial charge in [0, 0.05) is 73.7 Å². The zero-order chi connectivity index (χ0) is 32.2. The van der Waals surface area contributed by atoms with Gasteiger partial charge in [-0.15, -0.1) is 0 Å². The zero-order valence-corrected chi connectivity index (χ0v) is 26.2. The first-order valence-corrected chi connectivity index (χ1v) is 14.7. The van der Waals surface area contributed by atoms with Crippen molar-refractivity contribution >= 4 is 46.7 Å². The number of anilines is 2. The van der Waals surface area contributed by atoms with Gasteiger partial charge in [-0.05, 0) is 100 Å². The molecule has 0 aliphatic rings. The maximum Gasteiger partial charge on any atom is 0.255 e. The molecule has 230 valence electrons. The van der Waals surface area contributed by atoms with Crippen LogP contribution in [-0.2, 0) is 9.59 Å². The Morgan fingerprint density at radius 3 is 1.07 bits per heavy atom. The zero-order valence-electron chi connectivity index (χ0n) is 26.2. The Bertz CT molecular complexity index is 1410. The van der Waals surface area contributed by atoms with Crippen molar-refractivity contribution < 1.29 is 19.2 Å². The lowest BCUT2D eigenvalue weighted by Gasteiger charge is -2.21. The molecular weight excluding hydrogens is 556 g/mol. The fraction of sp³-hybridized carbons (Fsp3) is 0.294. The van der Waals surface area contributed by atoms with E-state index in [-0.39, 0.29) is 23.6 Å². The van der Waals surface area contributed by atoms with Crippen molar-refractivity contribution in [2.75, 3.05) is 36.8 Å². The first-order valence-electron chi connectivity index (χ1n) is 14.7. The van der Waals surface area contributed by atoms with Crippen molar-refractivity contribution in [3.63, 3.8) is 0 Å². The molecule has 0 atom stereocenters. The Morgan fingerprint density at radius 1 is 0.523 bits per heavy atom. The number of nitrogens with zero attached hydrogens (tertiary/aromatic N) is 4. The van der Waals surface area contributed by atoms with Crippen LogP contribution in [0.4, 0.5) is 11.4 Å². The topological polar surface area (TPSA) is 124 Å². The Hall–Kier alpha value is -5.12. The number of nitrogens with one attached hydrogen (secondary N) is 2. The van der Waals surface area contributed by atoms with E-state index >= 15 is 0 Å². The van der Waals surface area contributed by atoms with Crippen LogP contribution in [0.1, 0.15) is 73.4 Å². The van der Waals surface area contributed by atoms with Gasteiger partial charge in [-0.2, -0.15) is 0 Å². The Kier molecular flexibility index (Phi) is 12.1. The van der Waals surface area contributed by atoms with Crippen LogP contribution in [0.2, 0.25) is 0 Å². The second-order valence-electron chi connectivity index (χ2n) is 9.76. The molecule has 0 aliphatic heterocycles. The summed E-state index contributed by atoms with van der Waals surface area (Å²) in [5.74, 6) is 0.365. The van der Waals surface area contributed by atoms with E-state index in [1.807, 2.05) is 52.0 Å². The molecule has 0 spiro atoms. The van der Waals surface area contributed by atoms with E-state index in [9.17, 15) is 19.2 Å². The van der Waals surface area contributed by atoms with E-state index in [1.165, 1.54) is 13.8 Å². The average Bonchev–Trinajstić information content (AvgIpc) is 3.01. The van der Waals surface area contributed by atoms with Crippen LogP contribution in [-0.4, -0.2) is 71.3 Å². The number of amidine groups is 2. The standard InChI is InChI=1S/C34H40N6O4/c1-7-35-31(39(9-3)23(5)41)25-15-19-29(20-16-25)37-33(43)27-11-13-28(14-12-27)34(44)38-30-21-17-26(18-22-30)32(36-8-2)40(10-4)24(6)42/h11-22H,7-10H2,1-6H3,(H,37,43)(H,38,44). The van der Waals surface area contributed by atoms with Crippen LogP contribution in [0, 0.1) is 0 Å². The summed E-state index contributed by atoms with van der Waals surface area (Å²) in [6, 6.07) is 20.7. The van der Waals surface area contributed by atoms with Crippen molar-refractivity contribution in [3.05, 3.63) is 95.1 Å². The molecule has 0 fully saturated rings. The van der Waals surface area contributed by atoms with Crippen LogP contribution in [0.3, 0.4) is 0 Å². The van der Waals surface area contributed by atoms with Gasteiger partial charge in [-0.3, -0.25) is 39.0 Å². The summed E-state index contributed by atoms with van der Waals surface area (Å²) < 4.78 is 0. The predicted molar refractivity (Wildman–Crippen MR) is 176 cm³/mol. The monoisotopic (exact) mass is 596 g/mol. The number of hydrogen-bond acceptors (Lipinski definition) is 6. The Balaban J connectivity index is 1.65. The second-order valence-corrected chi connectivity index (χ2v) is 9.76. The molecule has 3 aromatic rings. The summed E-state index contributed by atoms with van der Waals surface area (Å²) in [5.41, 5.74) is 3.52. The molecule has 0 aromatic heterocycles. The lowest BCUT2D eigenvalue weighted by Crippen LogP contribution is -2.35. The second kappa shape index (κ2) is 15.9. The van der Waals surface area contributed by atoms with Crippen molar-refractivity contribution in [1.29, 1.82) is 0 Å². The molecule has 2 N–H and O–H groups in total. The highest BCUT2D eigenvalue weighted by Gasteiger charge is 2.18. The van der Waals surface area contributed by atoms with Gasteiger partial charge in [0.25, 0.3) is 11.8 Å². The maximum atomic E-state index is 12.9. The molecule has 3 rings (SSSR count). The minimum Gasteiger partial charge on any atom is -0.322 e. The van der Waals surface area contributed by atoms with E-state index in [4.69, 9.17) is 0 Å². The molecule has 0 saturated carbocycles. The normalized spacial score (nSPS) is 11.5. The van der Waals surface area contributed by atoms with E-state index in [1.54, 1.807) is 58.3 Å². The van der Waals surface area contributed by atoms with Crippen LogP contribution in [0.15, 0.2) is 82.8 Å². The highest BCUT2D eigenvalue weighted by molar-refractivity contribution is 6.10. The van der Waals surface area contributed by atoms with Gasteiger partial charge in [-0.25, -0.2) is 0 Å². The largest absolute Gasteiger partial charge is 0.322 e. The minimum absolute atomic E-state index is 0.0901. The number of rotatable bonds is 10. The van der Waals surface area contributed by atoms with E-state index in [0.29, 0.717) is 60.4 Å². The highest BCUT2D eigenvalue weighted by Crippen LogP contribution is 2.17. The van der Waals surface area contributed by atoms with E-state index in [0.717, 1.165) is 11.1 Å². The molecular formula is C34H40N6O4. The lowest BCUT2D eigenvalue weighted by molar-refractivity contribution is -0.125. The van der Waals surface area contributed by atoms with Crippen molar-refractivity contribution in [3.8, 4) is 0 Å². The number of benzene rings is 3. The molecule has 10 heteroatoms. The average molecular weight is 597 g/mol. The van der Waals surface area contributed by atoms with Crippen LogP contribution < -0.4 is 10.6 Å². The number of amides is 4. The van der Waals surface area contributed by atoms with Crippen molar-refractivity contribution in [2.45, 2.75) is 41.5 Å². The van der Waals surface area contributed by atoms with Gasteiger partial charge in [0.2, 0.25) is 11.8 Å². The number of aliphatic imine (C=N–C) groups is 2. The summed E-state index contributed by atoms with van der Waals surface area (Å²) in [6.45, 7) is 12.7. The summed E-state index contributed by atoms with van der Waals surface area (Å²) >= 11 is 0. The first-order chi connectivity index (χ1) is 21.1. The minimum atomic E-state index is -0.321. The Labute approximate surface area is 258 Å². The van der Waals surface area contributed by atoms with Gasteiger partial charge < -0.3 is 10.6 Å². The highest BCUT2D eigenvalue weighted by atomic mass is 16.2. The molecule has 10 nitrogen and oxygen atoms in total. The predicted octanol–water partition coefficient (Wildman–Crippen LogP) is 5.46. The summed E-state index contributed by atoms with van der Waals surface area (Å²) in [7, 11) is 0. The van der Waals surface area contributed by atoms with Gasteiger partial charge in [0.05, 0.1) is 0 Å². The Morgan fingerprint density at radius 2 is 0.818 bits per heavy atom. The molecule has 44 heavy (non-hydrogen) atoms. The SMILES string of the molecule is CCN=C(c1ccc(NC(=O)c2ccc(C(=O)Nc3ccc(C(=NCC)N(CC)C(C)=O)cc3)cc2)cc1)N(CC)C(C)=O. The fourth-order valence-electron chi connectivity index (χ4n) is 4.59. The van der Waals surface area contributed by atoms with Crippen LogP contribution >= 0.6 is 0 Å². The van der Waals surface area contributed by atoms with Gasteiger partial charge >= 0.3 is 0 Å². The fourth-order valence-corrected chi connectivity index (χ4v) is 4.59. The number of carbonyl (C=O) groups is 4. The quantitative estimate of drug-likeness (QED) is 0.238. The third kappa shape index (κ3) is 8.47. The maximum absolute atomic E-state index is 12.9. The third-order valence-electron chi connectivity index (χ3n) is 6.73. The van der Waals surface area contributed by atoms with Gasteiger partial charge in [0.15, 0.2) is 0 Å². The molecule has 4 amide bonds. The number of hydrogen-bond donors (Lipinski definition) is 2. The molecule has 0 bridgehead atoms. The third-order valence-corrected chi connectivity index (χ3v) is 6.73. The molecule has 0 saturated heterocycles. The van der Waals surface area contributed by atoms with Gasteiger partial charge in [-0.1, -0.05) is 0 Å². The molecule has 0 heterocycles. The molecule has 0 aliphatic carbocycles. The number of carbonyl (C=O) groups excluding carboxylic acids is 4. The van der Waals surface area contributed by atoms with Crippen molar-refractivity contribution in [2.24, 2.45) is 9.98 Å². The summed E-state index contributed by atoms with van der Waals surface area (Å²) in [5, 5.41) is 5.72. The molecule has 0 radical (unpaired) electrons. The van der Waals surface area contributed by atoms with E-state index in [2.05, 4.69) is 20.6 Å². The van der Waals surface area contributed by atoms with Crippen molar-refractivity contribution in [1.82, 2.24) is 9.80 Å². The first kappa shape index (κ1) is 33.4. The molecule has 3 aromatic carbocycles. The van der Waals surface area contributed by atoms with Crippen LogP contribution in [0.25, 0.3) is 0 Å². The molecule has 0 unspecified atom stereocenters.